The van der Waals surface area contributed by atoms with Gasteiger partial charge in [0.2, 0.25) is 5.91 Å². The minimum Gasteiger partial charge on any atom is -0.481 e. The largest absolute Gasteiger partial charge is 0.481 e. The predicted octanol–water partition coefficient (Wildman–Crippen LogP) is 0.997. The van der Waals surface area contributed by atoms with E-state index >= 15 is 0 Å². The first-order valence-electron chi connectivity index (χ1n) is 7.04. The van der Waals surface area contributed by atoms with Gasteiger partial charge in [-0.25, -0.2) is 0 Å². The summed E-state index contributed by atoms with van der Waals surface area (Å²) in [6, 6.07) is -0.0855. The van der Waals surface area contributed by atoms with Gasteiger partial charge in [0.1, 0.15) is 0 Å². The second kappa shape index (κ2) is 8.21. The molecule has 1 saturated carbocycles. The van der Waals surface area contributed by atoms with Crippen LogP contribution in [0.5, 0.6) is 0 Å². The van der Waals surface area contributed by atoms with E-state index in [1.54, 1.807) is 19.1 Å². The molecule has 0 bridgehead atoms. The number of methoxy groups -OCH3 is 2. The van der Waals surface area contributed by atoms with Gasteiger partial charge < -0.3 is 19.5 Å². The van der Waals surface area contributed by atoms with Crippen LogP contribution in [0.3, 0.4) is 0 Å². The molecule has 0 aromatic heterocycles. The number of carboxylic acids is 1. The molecule has 6 heteroatoms. The Balaban J connectivity index is 2.77. The predicted molar refractivity (Wildman–Crippen MR) is 73.4 cm³/mol. The molecule has 0 aromatic carbocycles. The van der Waals surface area contributed by atoms with Crippen LogP contribution in [0.1, 0.15) is 26.2 Å². The lowest BCUT2D eigenvalue weighted by atomic mass is 9.94. The zero-order valence-corrected chi connectivity index (χ0v) is 12.5. The molecule has 1 rings (SSSR count). The highest BCUT2D eigenvalue weighted by Gasteiger charge is 2.40. The van der Waals surface area contributed by atoms with Crippen LogP contribution in [0.15, 0.2) is 0 Å². The van der Waals surface area contributed by atoms with Crippen LogP contribution in [0, 0.1) is 11.8 Å². The van der Waals surface area contributed by atoms with Gasteiger partial charge in [-0.05, 0) is 19.8 Å². The average Bonchev–Trinajstić information content (AvgIpc) is 2.88. The minimum atomic E-state index is -0.869. The Morgan fingerprint density at radius 1 is 1.25 bits per heavy atom. The highest BCUT2D eigenvalue weighted by atomic mass is 16.5. The van der Waals surface area contributed by atoms with Crippen molar-refractivity contribution in [2.75, 3.05) is 34.0 Å². The summed E-state index contributed by atoms with van der Waals surface area (Å²) in [5, 5.41) is 9.21. The van der Waals surface area contributed by atoms with Crippen molar-refractivity contribution in [2.24, 2.45) is 11.8 Å². The van der Waals surface area contributed by atoms with E-state index in [1.807, 2.05) is 6.92 Å². The molecular formula is C14H25NO5. The highest BCUT2D eigenvalue weighted by molar-refractivity contribution is 5.85. The number of hydrogen-bond donors (Lipinski definition) is 1. The van der Waals surface area contributed by atoms with Gasteiger partial charge >= 0.3 is 5.97 Å². The summed E-state index contributed by atoms with van der Waals surface area (Å²) in [6.07, 6.45) is 2.03. The average molecular weight is 287 g/mol. The molecule has 3 atom stereocenters. The number of carbonyl (C=O) groups is 2. The lowest BCUT2D eigenvalue weighted by Crippen LogP contribution is -2.47. The second-order valence-electron chi connectivity index (χ2n) is 5.31. The van der Waals surface area contributed by atoms with E-state index in [9.17, 15) is 14.7 Å². The highest BCUT2D eigenvalue weighted by Crippen LogP contribution is 2.33. The van der Waals surface area contributed by atoms with Crippen molar-refractivity contribution in [2.45, 2.75) is 32.2 Å². The van der Waals surface area contributed by atoms with Crippen molar-refractivity contribution in [3.63, 3.8) is 0 Å². The molecule has 3 unspecified atom stereocenters. The maximum Gasteiger partial charge on any atom is 0.307 e. The number of aliphatic carboxylic acids is 1. The molecule has 1 aliphatic carbocycles. The van der Waals surface area contributed by atoms with Crippen molar-refractivity contribution < 1.29 is 24.2 Å². The van der Waals surface area contributed by atoms with Gasteiger partial charge in [0, 0.05) is 20.8 Å². The van der Waals surface area contributed by atoms with Crippen molar-refractivity contribution in [3.8, 4) is 0 Å². The SMILES string of the molecule is COCCN(C(=O)C1CCCC1C(=O)O)C(C)COC. The van der Waals surface area contributed by atoms with Crippen LogP contribution in [0.25, 0.3) is 0 Å². The normalized spacial score (nSPS) is 23.6. The zero-order chi connectivity index (χ0) is 15.1. The van der Waals surface area contributed by atoms with E-state index in [0.717, 1.165) is 6.42 Å². The summed E-state index contributed by atoms with van der Waals surface area (Å²) >= 11 is 0. The van der Waals surface area contributed by atoms with Crippen LogP contribution in [-0.4, -0.2) is 61.9 Å². The van der Waals surface area contributed by atoms with E-state index in [1.165, 1.54) is 0 Å². The fourth-order valence-corrected chi connectivity index (χ4v) is 2.83. The Labute approximate surface area is 120 Å². The minimum absolute atomic E-state index is 0.0855. The Hall–Kier alpha value is -1.14. The van der Waals surface area contributed by atoms with Crippen LogP contribution in [-0.2, 0) is 19.1 Å². The smallest absolute Gasteiger partial charge is 0.307 e. The molecule has 0 spiro atoms. The molecule has 0 aromatic rings. The molecule has 6 nitrogen and oxygen atoms in total. The Bertz CT molecular complexity index is 334. The fraction of sp³-hybridized carbons (Fsp3) is 0.857. The molecule has 1 aliphatic rings. The Morgan fingerprint density at radius 3 is 2.45 bits per heavy atom. The molecule has 1 N–H and O–H groups in total. The summed E-state index contributed by atoms with van der Waals surface area (Å²) in [4.78, 5) is 25.6. The zero-order valence-electron chi connectivity index (χ0n) is 12.5. The second-order valence-corrected chi connectivity index (χ2v) is 5.31. The number of carbonyl (C=O) groups excluding carboxylic acids is 1. The lowest BCUT2D eigenvalue weighted by Gasteiger charge is -2.32. The van der Waals surface area contributed by atoms with Gasteiger partial charge in [-0.2, -0.15) is 0 Å². The monoisotopic (exact) mass is 287 g/mol. The first-order chi connectivity index (χ1) is 9.52. The van der Waals surface area contributed by atoms with E-state index in [2.05, 4.69) is 0 Å². The van der Waals surface area contributed by atoms with Crippen molar-refractivity contribution in [3.05, 3.63) is 0 Å². The van der Waals surface area contributed by atoms with Gasteiger partial charge in [0.05, 0.1) is 31.1 Å². The summed E-state index contributed by atoms with van der Waals surface area (Å²) in [7, 11) is 3.17. The van der Waals surface area contributed by atoms with E-state index in [0.29, 0.717) is 32.6 Å². The van der Waals surface area contributed by atoms with Crippen LogP contribution in [0.4, 0.5) is 0 Å². The molecule has 0 aliphatic heterocycles. The number of rotatable bonds is 8. The van der Waals surface area contributed by atoms with Gasteiger partial charge in [0.15, 0.2) is 0 Å². The van der Waals surface area contributed by atoms with Crippen molar-refractivity contribution in [1.82, 2.24) is 4.90 Å². The van der Waals surface area contributed by atoms with Gasteiger partial charge in [-0.3, -0.25) is 9.59 Å². The maximum atomic E-state index is 12.6. The van der Waals surface area contributed by atoms with E-state index in [-0.39, 0.29) is 11.9 Å². The van der Waals surface area contributed by atoms with Gasteiger partial charge in [-0.1, -0.05) is 6.42 Å². The maximum absolute atomic E-state index is 12.6. The van der Waals surface area contributed by atoms with Gasteiger partial charge in [-0.15, -0.1) is 0 Å². The van der Waals surface area contributed by atoms with E-state index in [4.69, 9.17) is 9.47 Å². The molecular weight excluding hydrogens is 262 g/mol. The molecule has 0 radical (unpaired) electrons. The van der Waals surface area contributed by atoms with Crippen molar-refractivity contribution in [1.29, 1.82) is 0 Å². The number of amides is 1. The molecule has 0 heterocycles. The molecule has 116 valence electrons. The molecule has 20 heavy (non-hydrogen) atoms. The number of nitrogens with zero attached hydrogens (tertiary/aromatic N) is 1. The quantitative estimate of drug-likeness (QED) is 0.720. The summed E-state index contributed by atoms with van der Waals surface area (Å²) in [5.41, 5.74) is 0. The third-order valence-electron chi connectivity index (χ3n) is 3.91. The Kier molecular flexibility index (Phi) is 6.95. The van der Waals surface area contributed by atoms with Gasteiger partial charge in [0.25, 0.3) is 0 Å². The fourth-order valence-electron chi connectivity index (χ4n) is 2.83. The third-order valence-corrected chi connectivity index (χ3v) is 3.91. The first kappa shape index (κ1) is 16.9. The third kappa shape index (κ3) is 4.18. The summed E-state index contributed by atoms with van der Waals surface area (Å²) in [5.74, 6) is -1.92. The Morgan fingerprint density at radius 2 is 1.90 bits per heavy atom. The number of hydrogen-bond acceptors (Lipinski definition) is 4. The summed E-state index contributed by atoms with van der Waals surface area (Å²) < 4.78 is 10.1. The number of ether oxygens (including phenoxy) is 2. The summed E-state index contributed by atoms with van der Waals surface area (Å²) in [6.45, 7) is 3.23. The van der Waals surface area contributed by atoms with Crippen molar-refractivity contribution >= 4 is 11.9 Å². The first-order valence-corrected chi connectivity index (χ1v) is 7.04. The topological polar surface area (TPSA) is 76.1 Å². The van der Waals surface area contributed by atoms with Crippen LogP contribution < -0.4 is 0 Å². The standard InChI is InChI=1S/C14H25NO5/c1-10(9-20-3)15(7-8-19-2)13(16)11-5-4-6-12(11)14(17)18/h10-12H,4-9H2,1-3H3,(H,17,18). The van der Waals surface area contributed by atoms with Crippen LogP contribution in [0.2, 0.25) is 0 Å². The lowest BCUT2D eigenvalue weighted by molar-refractivity contribution is -0.150. The van der Waals surface area contributed by atoms with Crippen LogP contribution >= 0.6 is 0 Å². The molecule has 1 amide bonds. The van der Waals surface area contributed by atoms with E-state index < -0.39 is 17.8 Å². The molecule has 0 saturated heterocycles. The molecule has 1 fully saturated rings. The number of carboxylic acid groups (broad SMARTS) is 1.